The Morgan fingerprint density at radius 2 is 1.88 bits per heavy atom. The quantitative estimate of drug-likeness (QED) is 0.749. The van der Waals surface area contributed by atoms with Crippen molar-refractivity contribution >= 4 is 5.91 Å². The molecule has 4 nitrogen and oxygen atoms in total. The maximum atomic E-state index is 13.2. The maximum absolute atomic E-state index is 13.2. The Kier molecular flexibility index (Phi) is 5.23. The van der Waals surface area contributed by atoms with Gasteiger partial charge in [0.15, 0.2) is 0 Å². The van der Waals surface area contributed by atoms with Crippen molar-refractivity contribution < 1.29 is 9.18 Å². The minimum absolute atomic E-state index is 0.0684. The molecular weight excluding hydrogens is 317 g/mol. The van der Waals surface area contributed by atoms with Crippen LogP contribution in [0.5, 0.6) is 0 Å². The number of rotatable bonds is 6. The van der Waals surface area contributed by atoms with Gasteiger partial charge in [-0.05, 0) is 29.7 Å². The van der Waals surface area contributed by atoms with Crippen molar-refractivity contribution in [1.29, 1.82) is 0 Å². The van der Waals surface area contributed by atoms with Crippen molar-refractivity contribution in [3.8, 4) is 0 Å². The van der Waals surface area contributed by atoms with Crippen LogP contribution in [0.2, 0.25) is 0 Å². The van der Waals surface area contributed by atoms with Crippen LogP contribution in [0.1, 0.15) is 29.4 Å². The third kappa shape index (κ3) is 4.32. The zero-order valence-corrected chi connectivity index (χ0v) is 14.0. The fourth-order valence-electron chi connectivity index (χ4n) is 2.74. The first-order chi connectivity index (χ1) is 12.1. The number of carbonyl (C=O) groups is 1. The fourth-order valence-corrected chi connectivity index (χ4v) is 2.74. The molecular formula is C20H20FN3O. The average Bonchev–Trinajstić information content (AvgIpc) is 3.05. The summed E-state index contributed by atoms with van der Waals surface area (Å²) in [6, 6.07) is 15.6. The summed E-state index contributed by atoms with van der Waals surface area (Å²) in [5, 5.41) is 3.02. The molecule has 3 rings (SSSR count). The molecule has 0 unspecified atom stereocenters. The second-order valence-electron chi connectivity index (χ2n) is 5.93. The molecule has 5 heteroatoms. The van der Waals surface area contributed by atoms with E-state index in [1.165, 1.54) is 12.1 Å². The minimum Gasteiger partial charge on any atom is -0.342 e. The van der Waals surface area contributed by atoms with Gasteiger partial charge in [0.25, 0.3) is 0 Å². The molecule has 0 saturated carbocycles. The molecule has 1 aromatic heterocycles. The molecule has 0 spiro atoms. The molecule has 0 bridgehead atoms. The van der Waals surface area contributed by atoms with Crippen molar-refractivity contribution in [1.82, 2.24) is 14.9 Å². The van der Waals surface area contributed by atoms with Gasteiger partial charge in [0.2, 0.25) is 5.91 Å². The van der Waals surface area contributed by atoms with Crippen LogP contribution in [0.15, 0.2) is 67.0 Å². The predicted molar refractivity (Wildman–Crippen MR) is 94.4 cm³/mol. The molecule has 0 fully saturated rings. The van der Waals surface area contributed by atoms with Gasteiger partial charge in [-0.2, -0.15) is 0 Å². The van der Waals surface area contributed by atoms with Gasteiger partial charge in [-0.3, -0.25) is 4.79 Å². The molecule has 1 amide bonds. The van der Waals surface area contributed by atoms with E-state index < -0.39 is 6.04 Å². The molecule has 2 aromatic carbocycles. The maximum Gasteiger partial charge on any atom is 0.221 e. The molecule has 128 valence electrons. The molecule has 0 aliphatic rings. The number of carbonyl (C=O) groups excluding carboxylic acids is 1. The zero-order chi connectivity index (χ0) is 17.6. The van der Waals surface area contributed by atoms with Crippen molar-refractivity contribution in [2.75, 3.05) is 0 Å². The van der Waals surface area contributed by atoms with Gasteiger partial charge < -0.3 is 9.88 Å². The number of aryl methyl sites for hydroxylation is 2. The summed E-state index contributed by atoms with van der Waals surface area (Å²) < 4.78 is 15.1. The van der Waals surface area contributed by atoms with Crippen LogP contribution in [-0.4, -0.2) is 15.5 Å². The third-order valence-electron chi connectivity index (χ3n) is 4.11. The molecule has 3 aromatic rings. The first-order valence-corrected chi connectivity index (χ1v) is 8.19. The SMILES string of the molecule is Cn1ccnc1[C@H](NC(=O)CCc1ccccc1)c1ccc(F)cc1. The standard InChI is InChI=1S/C20H20FN3O/c1-24-14-13-22-20(24)19(16-8-10-17(21)11-9-16)23-18(25)12-7-15-5-3-2-4-6-15/h2-6,8-11,13-14,19H,7,12H2,1H3,(H,23,25)/t19-/m1/s1. The Bertz CT molecular complexity index is 828. The van der Waals surface area contributed by atoms with Gasteiger partial charge in [0.1, 0.15) is 17.7 Å². The van der Waals surface area contributed by atoms with E-state index in [1.807, 2.05) is 48.1 Å². The number of nitrogens with zero attached hydrogens (tertiary/aromatic N) is 2. The lowest BCUT2D eigenvalue weighted by Gasteiger charge is -2.19. The summed E-state index contributed by atoms with van der Waals surface area (Å²) in [6.45, 7) is 0. The van der Waals surface area contributed by atoms with E-state index in [4.69, 9.17) is 0 Å². The normalized spacial score (nSPS) is 11.9. The number of hydrogen-bond acceptors (Lipinski definition) is 2. The molecule has 0 aliphatic heterocycles. The second kappa shape index (κ2) is 7.75. The summed E-state index contributed by atoms with van der Waals surface area (Å²) in [5.41, 5.74) is 1.91. The Morgan fingerprint density at radius 1 is 1.16 bits per heavy atom. The Balaban J connectivity index is 1.74. The van der Waals surface area contributed by atoms with Crippen LogP contribution in [0.25, 0.3) is 0 Å². The molecule has 1 atom stereocenters. The van der Waals surface area contributed by atoms with E-state index in [0.717, 1.165) is 11.1 Å². The van der Waals surface area contributed by atoms with Crippen LogP contribution in [0, 0.1) is 5.82 Å². The van der Waals surface area contributed by atoms with Gasteiger partial charge >= 0.3 is 0 Å². The summed E-state index contributed by atoms with van der Waals surface area (Å²) in [7, 11) is 1.87. The first-order valence-electron chi connectivity index (χ1n) is 8.19. The number of nitrogens with one attached hydrogen (secondary N) is 1. The molecule has 1 N–H and O–H groups in total. The van der Waals surface area contributed by atoms with E-state index in [9.17, 15) is 9.18 Å². The largest absolute Gasteiger partial charge is 0.342 e. The smallest absolute Gasteiger partial charge is 0.221 e. The highest BCUT2D eigenvalue weighted by molar-refractivity contribution is 5.77. The zero-order valence-electron chi connectivity index (χ0n) is 14.0. The summed E-state index contributed by atoms with van der Waals surface area (Å²) in [4.78, 5) is 16.8. The number of aromatic nitrogens is 2. The monoisotopic (exact) mass is 337 g/mol. The predicted octanol–water partition coefficient (Wildman–Crippen LogP) is 3.40. The summed E-state index contributed by atoms with van der Waals surface area (Å²) >= 11 is 0. The number of amides is 1. The van der Waals surface area contributed by atoms with E-state index in [-0.39, 0.29) is 11.7 Å². The van der Waals surface area contributed by atoms with Crippen molar-refractivity contribution in [2.45, 2.75) is 18.9 Å². The van der Waals surface area contributed by atoms with E-state index in [1.54, 1.807) is 18.3 Å². The van der Waals surface area contributed by atoms with Crippen molar-refractivity contribution in [2.24, 2.45) is 7.05 Å². The van der Waals surface area contributed by atoms with Gasteiger partial charge in [-0.25, -0.2) is 9.37 Å². The summed E-state index contributed by atoms with van der Waals surface area (Å²) in [6.07, 6.45) is 4.56. The van der Waals surface area contributed by atoms with Gasteiger partial charge in [0, 0.05) is 25.9 Å². The van der Waals surface area contributed by atoms with Crippen molar-refractivity contribution in [3.05, 3.63) is 89.8 Å². The number of hydrogen-bond donors (Lipinski definition) is 1. The van der Waals surface area contributed by atoms with Crippen LogP contribution < -0.4 is 5.32 Å². The van der Waals surface area contributed by atoms with Crippen LogP contribution in [0.3, 0.4) is 0 Å². The lowest BCUT2D eigenvalue weighted by Crippen LogP contribution is -2.31. The Morgan fingerprint density at radius 3 is 2.52 bits per heavy atom. The van der Waals surface area contributed by atoms with Gasteiger partial charge in [-0.1, -0.05) is 42.5 Å². The summed E-state index contributed by atoms with van der Waals surface area (Å²) in [5.74, 6) is 0.332. The van der Waals surface area contributed by atoms with E-state index in [2.05, 4.69) is 10.3 Å². The van der Waals surface area contributed by atoms with Crippen LogP contribution in [-0.2, 0) is 18.3 Å². The van der Waals surface area contributed by atoms with Crippen LogP contribution in [0.4, 0.5) is 4.39 Å². The van der Waals surface area contributed by atoms with Crippen molar-refractivity contribution in [3.63, 3.8) is 0 Å². The highest BCUT2D eigenvalue weighted by atomic mass is 19.1. The first kappa shape index (κ1) is 16.9. The van der Waals surface area contributed by atoms with E-state index in [0.29, 0.717) is 18.7 Å². The molecule has 0 radical (unpaired) electrons. The number of benzene rings is 2. The topological polar surface area (TPSA) is 46.9 Å². The second-order valence-corrected chi connectivity index (χ2v) is 5.93. The highest BCUT2D eigenvalue weighted by Gasteiger charge is 2.20. The highest BCUT2D eigenvalue weighted by Crippen LogP contribution is 2.21. The Hall–Kier alpha value is -2.95. The number of imidazole rings is 1. The lowest BCUT2D eigenvalue weighted by atomic mass is 10.0. The third-order valence-corrected chi connectivity index (χ3v) is 4.11. The minimum atomic E-state index is -0.413. The molecule has 0 aliphatic carbocycles. The molecule has 0 saturated heterocycles. The van der Waals surface area contributed by atoms with Gasteiger partial charge in [-0.15, -0.1) is 0 Å². The van der Waals surface area contributed by atoms with Gasteiger partial charge in [0.05, 0.1) is 0 Å². The average molecular weight is 337 g/mol. The molecule has 25 heavy (non-hydrogen) atoms. The molecule has 1 heterocycles. The van der Waals surface area contributed by atoms with Crippen LogP contribution >= 0.6 is 0 Å². The Labute approximate surface area is 146 Å². The number of halogens is 1. The van der Waals surface area contributed by atoms with E-state index >= 15 is 0 Å². The fraction of sp³-hybridized carbons (Fsp3) is 0.200. The lowest BCUT2D eigenvalue weighted by molar-refractivity contribution is -0.121.